The number of aromatic nitrogens is 2. The number of carbonyl (C=O) groups excluding carboxylic acids is 2. The van der Waals surface area contributed by atoms with E-state index in [1.54, 1.807) is 17.2 Å². The van der Waals surface area contributed by atoms with Gasteiger partial charge in [0.1, 0.15) is 6.54 Å². The molecule has 10 nitrogen and oxygen atoms in total. The molecule has 2 aliphatic heterocycles. The molecular weight excluding hydrogens is 646 g/mol. The fraction of sp³-hybridized carbons (Fsp3) is 0.500. The minimum atomic E-state index is -2.14. The van der Waals surface area contributed by atoms with Gasteiger partial charge in [0, 0.05) is 43.4 Å². The van der Waals surface area contributed by atoms with Crippen molar-refractivity contribution in [1.82, 2.24) is 20.2 Å². The summed E-state index contributed by atoms with van der Waals surface area (Å²) in [4.78, 5) is 38.4. The molecule has 1 unspecified atom stereocenters. The lowest BCUT2D eigenvalue weighted by Crippen LogP contribution is -2.48. The molecule has 256 valence electrons. The van der Waals surface area contributed by atoms with Crippen LogP contribution < -0.4 is 10.6 Å². The molecule has 2 amide bonds. The quantitative estimate of drug-likeness (QED) is 0.219. The summed E-state index contributed by atoms with van der Waals surface area (Å²) in [6.07, 6.45) is 4.12. The number of nitrogens with zero attached hydrogens (tertiary/aromatic N) is 3. The Labute approximate surface area is 288 Å². The van der Waals surface area contributed by atoms with Crippen molar-refractivity contribution in [2.45, 2.75) is 88.8 Å². The predicted octanol–water partition coefficient (Wildman–Crippen LogP) is 6.07. The van der Waals surface area contributed by atoms with Crippen LogP contribution in [0.3, 0.4) is 0 Å². The van der Waals surface area contributed by atoms with E-state index in [1.165, 1.54) is 0 Å². The van der Waals surface area contributed by atoms with Crippen LogP contribution in [-0.4, -0.2) is 78.6 Å². The lowest BCUT2D eigenvalue weighted by molar-refractivity contribution is -0.123. The Morgan fingerprint density at radius 2 is 1.90 bits per heavy atom. The highest BCUT2D eigenvalue weighted by Crippen LogP contribution is 2.43. The van der Waals surface area contributed by atoms with E-state index in [9.17, 15) is 14.7 Å². The topological polar surface area (TPSA) is 126 Å². The molecule has 1 aliphatic carbocycles. The molecule has 1 saturated heterocycles. The first-order valence-corrected chi connectivity index (χ1v) is 20.1. The van der Waals surface area contributed by atoms with Crippen molar-refractivity contribution in [3.63, 3.8) is 0 Å². The average Bonchev–Trinajstić information content (AvgIpc) is 3.51. The van der Waals surface area contributed by atoms with Gasteiger partial charge in [0.15, 0.2) is 8.32 Å². The van der Waals surface area contributed by atoms with Gasteiger partial charge in [-0.25, -0.2) is 9.97 Å². The maximum absolute atomic E-state index is 14.0. The number of benzene rings is 2. The van der Waals surface area contributed by atoms with Crippen molar-refractivity contribution < 1.29 is 23.9 Å². The van der Waals surface area contributed by atoms with E-state index in [0.29, 0.717) is 47.4 Å². The summed E-state index contributed by atoms with van der Waals surface area (Å²) in [5.41, 5.74) is 4.64. The number of hydrogen-bond donors (Lipinski definition) is 3. The SMILES string of the molecule is CC(C)(C)[Si](C)(C)O[C@@H]1Cc2ccccc2[C@@H]1NC(=O)CN1C(=O)c2cc(-c3nc(NC4CCOCC4)ncc3Cl)ccc2C1CCO. The number of ether oxygens (including phenoxy) is 1. The maximum Gasteiger partial charge on any atom is 0.255 e. The Morgan fingerprint density at radius 1 is 1.15 bits per heavy atom. The van der Waals surface area contributed by atoms with Gasteiger partial charge in [-0.1, -0.05) is 68.8 Å². The smallest absolute Gasteiger partial charge is 0.255 e. The van der Waals surface area contributed by atoms with Gasteiger partial charge >= 0.3 is 0 Å². The van der Waals surface area contributed by atoms with Gasteiger partial charge in [-0.3, -0.25) is 9.59 Å². The molecule has 48 heavy (non-hydrogen) atoms. The Morgan fingerprint density at radius 3 is 2.62 bits per heavy atom. The van der Waals surface area contributed by atoms with Gasteiger partial charge < -0.3 is 29.8 Å². The third kappa shape index (κ3) is 7.02. The van der Waals surface area contributed by atoms with Crippen molar-refractivity contribution in [2.75, 3.05) is 31.7 Å². The molecule has 3 heterocycles. The number of amides is 2. The highest BCUT2D eigenvalue weighted by Gasteiger charge is 2.44. The second-order valence-corrected chi connectivity index (χ2v) is 19.7. The van der Waals surface area contributed by atoms with Gasteiger partial charge in [0.2, 0.25) is 11.9 Å². The Hall–Kier alpha value is -3.35. The van der Waals surface area contributed by atoms with E-state index in [1.807, 2.05) is 30.3 Å². The van der Waals surface area contributed by atoms with Gasteiger partial charge in [0.05, 0.1) is 35.1 Å². The molecule has 1 aromatic heterocycles. The summed E-state index contributed by atoms with van der Waals surface area (Å²) >= 11 is 6.57. The fourth-order valence-electron chi connectivity index (χ4n) is 6.69. The van der Waals surface area contributed by atoms with Crippen LogP contribution in [0, 0.1) is 0 Å². The molecule has 0 bridgehead atoms. The number of halogens is 1. The molecule has 0 spiro atoms. The standard InChI is InChI=1S/C36H46ClN5O5Si/c1-36(2,3)48(4,5)47-30-19-22-8-6-7-9-25(22)33(30)40-31(44)21-42-29(12-15-43)26-11-10-23(18-27(26)34(42)45)32-28(37)20-38-35(41-32)39-24-13-16-46-17-14-24/h6-11,18,20,24,29-30,33,43H,12-17,19,21H2,1-5H3,(H,40,44)(H,38,39,41)/t29?,30-,33+/m1/s1. The van der Waals surface area contributed by atoms with E-state index < -0.39 is 14.4 Å². The van der Waals surface area contributed by atoms with Crippen LogP contribution >= 0.6 is 11.6 Å². The summed E-state index contributed by atoms with van der Waals surface area (Å²) in [5, 5.41) is 17.0. The number of carbonyl (C=O) groups is 2. The van der Waals surface area contributed by atoms with Crippen molar-refractivity contribution >= 4 is 37.7 Å². The van der Waals surface area contributed by atoms with Crippen LogP contribution in [0.5, 0.6) is 0 Å². The zero-order valence-electron chi connectivity index (χ0n) is 28.4. The van der Waals surface area contributed by atoms with Crippen LogP contribution in [0.25, 0.3) is 11.3 Å². The number of aliphatic hydroxyl groups is 1. The van der Waals surface area contributed by atoms with Crippen LogP contribution in [-0.2, 0) is 20.4 Å². The summed E-state index contributed by atoms with van der Waals surface area (Å²) < 4.78 is 12.3. The van der Waals surface area contributed by atoms with Gasteiger partial charge in [-0.15, -0.1) is 0 Å². The van der Waals surface area contributed by atoms with Crippen molar-refractivity contribution in [2.24, 2.45) is 0 Å². The molecule has 3 atom stereocenters. The lowest BCUT2D eigenvalue weighted by Gasteiger charge is -2.40. The highest BCUT2D eigenvalue weighted by atomic mass is 35.5. The molecule has 3 aromatic rings. The second-order valence-electron chi connectivity index (χ2n) is 14.5. The van der Waals surface area contributed by atoms with Crippen LogP contribution in [0.1, 0.15) is 79.2 Å². The first kappa shape index (κ1) is 34.5. The normalized spacial score (nSPS) is 21.3. The average molecular weight is 692 g/mol. The third-order valence-corrected chi connectivity index (χ3v) is 15.1. The van der Waals surface area contributed by atoms with Crippen LogP contribution in [0.4, 0.5) is 5.95 Å². The zero-order valence-corrected chi connectivity index (χ0v) is 30.1. The molecule has 0 radical (unpaired) electrons. The Kier molecular flexibility index (Phi) is 9.97. The van der Waals surface area contributed by atoms with Gasteiger partial charge in [-0.05, 0) is 60.2 Å². The lowest BCUT2D eigenvalue weighted by atomic mass is 9.99. The second kappa shape index (κ2) is 13.9. The number of aliphatic hydroxyl groups excluding tert-OH is 1. The number of nitrogens with one attached hydrogen (secondary N) is 2. The van der Waals surface area contributed by atoms with Crippen molar-refractivity contribution in [3.05, 3.63) is 75.9 Å². The molecule has 2 aromatic carbocycles. The van der Waals surface area contributed by atoms with Crippen LogP contribution in [0.2, 0.25) is 23.2 Å². The molecular formula is C36H46ClN5O5Si. The zero-order chi connectivity index (χ0) is 34.2. The molecule has 3 N–H and O–H groups in total. The van der Waals surface area contributed by atoms with E-state index >= 15 is 0 Å². The van der Waals surface area contributed by atoms with Crippen molar-refractivity contribution in [3.8, 4) is 11.3 Å². The number of anilines is 1. The highest BCUT2D eigenvalue weighted by molar-refractivity contribution is 6.74. The Bertz CT molecular complexity index is 1670. The molecule has 6 rings (SSSR count). The van der Waals surface area contributed by atoms with E-state index in [2.05, 4.69) is 55.5 Å². The van der Waals surface area contributed by atoms with E-state index in [-0.39, 0.29) is 48.2 Å². The first-order valence-electron chi connectivity index (χ1n) is 16.8. The van der Waals surface area contributed by atoms with Crippen LogP contribution in [0.15, 0.2) is 48.7 Å². The Balaban J connectivity index is 1.22. The van der Waals surface area contributed by atoms with Crippen molar-refractivity contribution in [1.29, 1.82) is 0 Å². The first-order chi connectivity index (χ1) is 22.9. The van der Waals surface area contributed by atoms with E-state index in [4.69, 9.17) is 25.7 Å². The minimum absolute atomic E-state index is 0.0132. The predicted molar refractivity (Wildman–Crippen MR) is 189 cm³/mol. The largest absolute Gasteiger partial charge is 0.411 e. The fourth-order valence-corrected chi connectivity index (χ4v) is 8.22. The number of rotatable bonds is 10. The number of fused-ring (bicyclic) bond motifs is 2. The van der Waals surface area contributed by atoms with Gasteiger partial charge in [0.25, 0.3) is 5.91 Å². The molecule has 1 fully saturated rings. The third-order valence-electron chi connectivity index (χ3n) is 10.3. The molecule has 12 heteroatoms. The van der Waals surface area contributed by atoms with E-state index in [0.717, 1.165) is 36.0 Å². The number of hydrogen-bond acceptors (Lipinski definition) is 8. The monoisotopic (exact) mass is 691 g/mol. The molecule has 0 saturated carbocycles. The minimum Gasteiger partial charge on any atom is -0.411 e. The maximum atomic E-state index is 14.0. The summed E-state index contributed by atoms with van der Waals surface area (Å²) in [6.45, 7) is 12.2. The van der Waals surface area contributed by atoms with Gasteiger partial charge in [-0.2, -0.15) is 0 Å². The summed E-state index contributed by atoms with van der Waals surface area (Å²) in [7, 11) is -2.14. The summed E-state index contributed by atoms with van der Waals surface area (Å²) in [5.74, 6) is -0.0755. The molecule has 3 aliphatic rings. The summed E-state index contributed by atoms with van der Waals surface area (Å²) in [6, 6.07) is 13.1.